The van der Waals surface area contributed by atoms with Gasteiger partial charge in [-0.05, 0) is 41.4 Å². The number of halogens is 1. The van der Waals surface area contributed by atoms with Gasteiger partial charge in [0.25, 0.3) is 11.5 Å². The molecule has 0 fully saturated rings. The highest BCUT2D eigenvalue weighted by Gasteiger charge is 2.16. The second-order valence-corrected chi connectivity index (χ2v) is 6.68. The minimum absolute atomic E-state index is 0.255. The molecule has 3 aromatic rings. The van der Waals surface area contributed by atoms with Crippen molar-refractivity contribution in [2.45, 2.75) is 26.7 Å². The summed E-state index contributed by atoms with van der Waals surface area (Å²) in [5, 5.41) is 7.18. The van der Waals surface area contributed by atoms with Gasteiger partial charge in [0.2, 0.25) is 5.95 Å². The molecule has 26 heavy (non-hydrogen) atoms. The zero-order chi connectivity index (χ0) is 18.7. The lowest BCUT2D eigenvalue weighted by Crippen LogP contribution is -2.19. The third-order valence-electron chi connectivity index (χ3n) is 3.68. The van der Waals surface area contributed by atoms with Gasteiger partial charge in [-0.3, -0.25) is 14.6 Å². The molecule has 3 rings (SSSR count). The molecule has 0 aliphatic rings. The van der Waals surface area contributed by atoms with Gasteiger partial charge in [-0.1, -0.05) is 25.5 Å². The molecule has 0 atom stereocenters. The number of aryl methyl sites for hydroxylation is 2. The maximum absolute atomic E-state index is 12.6. The minimum atomic E-state index is -0.286. The Labute approximate surface area is 158 Å². The molecule has 2 aromatic heterocycles. The Hall–Kier alpha value is -2.74. The Balaban J connectivity index is 1.98. The van der Waals surface area contributed by atoms with Crippen LogP contribution in [0.3, 0.4) is 0 Å². The van der Waals surface area contributed by atoms with Crippen LogP contribution < -0.4 is 10.9 Å². The number of rotatable bonds is 5. The predicted molar refractivity (Wildman–Crippen MR) is 103 cm³/mol. The first-order valence-corrected chi connectivity index (χ1v) is 9.00. The first-order valence-electron chi connectivity index (χ1n) is 8.21. The molecular formula is C18H18BrN5O2. The summed E-state index contributed by atoms with van der Waals surface area (Å²) in [4.78, 5) is 31.6. The maximum atomic E-state index is 12.6. The molecule has 0 aliphatic heterocycles. The molecule has 0 unspecified atom stereocenters. The number of nitrogens with zero attached hydrogens (tertiary/aromatic N) is 3. The zero-order valence-electron chi connectivity index (χ0n) is 14.4. The van der Waals surface area contributed by atoms with Crippen molar-refractivity contribution in [1.29, 1.82) is 0 Å². The quantitative estimate of drug-likeness (QED) is 0.668. The number of carbonyl (C=O) groups excluding carboxylic acids is 1. The fraction of sp³-hybridized carbons (Fsp3) is 0.222. The normalized spacial score (nSPS) is 10.7. The summed E-state index contributed by atoms with van der Waals surface area (Å²) in [6.07, 6.45) is 1.56. The van der Waals surface area contributed by atoms with Gasteiger partial charge >= 0.3 is 0 Å². The summed E-state index contributed by atoms with van der Waals surface area (Å²) < 4.78 is 2.13. The number of hydrogen-bond donors (Lipinski definition) is 2. The SMILES string of the molecule is CCCc1cc(=O)[nH]c(-n2nc(C)cc2NC(=O)c2ccccc2Br)n1. The van der Waals surface area contributed by atoms with E-state index in [1.807, 2.05) is 13.0 Å². The number of aromatic amines is 1. The van der Waals surface area contributed by atoms with Crippen LogP contribution in [0, 0.1) is 6.92 Å². The van der Waals surface area contributed by atoms with E-state index in [2.05, 4.69) is 36.3 Å². The summed E-state index contributed by atoms with van der Waals surface area (Å²) in [6.45, 7) is 3.82. The number of anilines is 1. The number of nitrogens with one attached hydrogen (secondary N) is 2. The first-order chi connectivity index (χ1) is 12.5. The lowest BCUT2D eigenvalue weighted by Gasteiger charge is -2.09. The van der Waals surface area contributed by atoms with Gasteiger partial charge in [-0.15, -0.1) is 0 Å². The van der Waals surface area contributed by atoms with E-state index in [1.165, 1.54) is 10.7 Å². The first kappa shape index (κ1) is 18.1. The van der Waals surface area contributed by atoms with E-state index in [0.717, 1.165) is 6.42 Å². The summed E-state index contributed by atoms with van der Waals surface area (Å²) >= 11 is 3.37. The Morgan fingerprint density at radius 2 is 2.08 bits per heavy atom. The van der Waals surface area contributed by atoms with Crippen LogP contribution in [0.15, 0.2) is 45.7 Å². The Morgan fingerprint density at radius 3 is 2.81 bits per heavy atom. The summed E-state index contributed by atoms with van der Waals surface area (Å²) in [5.41, 5.74) is 1.62. The number of carbonyl (C=O) groups is 1. The van der Waals surface area contributed by atoms with Crippen molar-refractivity contribution in [3.63, 3.8) is 0 Å². The van der Waals surface area contributed by atoms with E-state index in [9.17, 15) is 9.59 Å². The number of H-pyrrole nitrogens is 1. The van der Waals surface area contributed by atoms with Crippen molar-refractivity contribution in [2.75, 3.05) is 5.32 Å². The molecule has 7 nitrogen and oxygen atoms in total. The topological polar surface area (TPSA) is 92.7 Å². The van der Waals surface area contributed by atoms with Crippen LogP contribution in [-0.2, 0) is 6.42 Å². The maximum Gasteiger partial charge on any atom is 0.257 e. The highest BCUT2D eigenvalue weighted by Crippen LogP contribution is 2.19. The molecule has 8 heteroatoms. The number of hydrogen-bond acceptors (Lipinski definition) is 4. The van der Waals surface area contributed by atoms with E-state index in [0.29, 0.717) is 33.7 Å². The van der Waals surface area contributed by atoms with Gasteiger partial charge in [0.05, 0.1) is 11.3 Å². The molecule has 0 aliphatic carbocycles. The second kappa shape index (κ2) is 7.65. The van der Waals surface area contributed by atoms with Crippen LogP contribution in [-0.4, -0.2) is 25.7 Å². The van der Waals surface area contributed by atoms with Gasteiger partial charge < -0.3 is 5.32 Å². The van der Waals surface area contributed by atoms with E-state index in [1.54, 1.807) is 31.2 Å². The van der Waals surface area contributed by atoms with E-state index in [4.69, 9.17) is 0 Å². The molecule has 0 spiro atoms. The van der Waals surface area contributed by atoms with Crippen LogP contribution in [0.25, 0.3) is 5.95 Å². The van der Waals surface area contributed by atoms with E-state index in [-0.39, 0.29) is 17.4 Å². The van der Waals surface area contributed by atoms with Gasteiger partial charge in [0, 0.05) is 22.3 Å². The molecule has 1 aromatic carbocycles. The van der Waals surface area contributed by atoms with Crippen molar-refractivity contribution < 1.29 is 4.79 Å². The molecular weight excluding hydrogens is 398 g/mol. The third kappa shape index (κ3) is 3.91. The van der Waals surface area contributed by atoms with Gasteiger partial charge in [0.15, 0.2) is 0 Å². The molecule has 0 radical (unpaired) electrons. The average Bonchev–Trinajstić information content (AvgIpc) is 2.95. The molecule has 0 saturated heterocycles. The van der Waals surface area contributed by atoms with Crippen molar-refractivity contribution in [3.8, 4) is 5.95 Å². The Morgan fingerprint density at radius 1 is 1.31 bits per heavy atom. The van der Waals surface area contributed by atoms with Gasteiger partial charge in [-0.25, -0.2) is 4.98 Å². The van der Waals surface area contributed by atoms with Crippen molar-refractivity contribution in [1.82, 2.24) is 19.7 Å². The zero-order valence-corrected chi connectivity index (χ0v) is 16.0. The lowest BCUT2D eigenvalue weighted by atomic mass is 10.2. The van der Waals surface area contributed by atoms with Crippen molar-refractivity contribution in [2.24, 2.45) is 0 Å². The van der Waals surface area contributed by atoms with Gasteiger partial charge in [-0.2, -0.15) is 9.78 Å². The number of amides is 1. The Bertz CT molecular complexity index is 1010. The summed E-state index contributed by atoms with van der Waals surface area (Å²) in [5.74, 6) is 0.419. The average molecular weight is 416 g/mol. The fourth-order valence-electron chi connectivity index (χ4n) is 2.56. The smallest absolute Gasteiger partial charge is 0.257 e. The van der Waals surface area contributed by atoms with Crippen LogP contribution in [0.4, 0.5) is 5.82 Å². The summed E-state index contributed by atoms with van der Waals surface area (Å²) in [6, 6.07) is 10.3. The number of benzene rings is 1. The number of aromatic nitrogens is 4. The molecule has 2 N–H and O–H groups in total. The molecule has 0 bridgehead atoms. The van der Waals surface area contributed by atoms with Crippen molar-refractivity contribution >= 4 is 27.7 Å². The monoisotopic (exact) mass is 415 g/mol. The van der Waals surface area contributed by atoms with Crippen LogP contribution in [0.1, 0.15) is 35.1 Å². The second-order valence-electron chi connectivity index (χ2n) is 5.83. The molecule has 2 heterocycles. The Kier molecular flexibility index (Phi) is 5.32. The third-order valence-corrected chi connectivity index (χ3v) is 4.37. The van der Waals surface area contributed by atoms with Crippen LogP contribution >= 0.6 is 15.9 Å². The highest BCUT2D eigenvalue weighted by molar-refractivity contribution is 9.10. The lowest BCUT2D eigenvalue weighted by molar-refractivity contribution is 0.102. The van der Waals surface area contributed by atoms with Crippen molar-refractivity contribution in [3.05, 3.63) is 68.2 Å². The predicted octanol–water partition coefficient (Wildman–Crippen LogP) is 3.23. The fourth-order valence-corrected chi connectivity index (χ4v) is 3.02. The van der Waals surface area contributed by atoms with E-state index >= 15 is 0 Å². The minimum Gasteiger partial charge on any atom is -0.306 e. The van der Waals surface area contributed by atoms with Crippen LogP contribution in [0.2, 0.25) is 0 Å². The highest BCUT2D eigenvalue weighted by atomic mass is 79.9. The largest absolute Gasteiger partial charge is 0.306 e. The molecule has 134 valence electrons. The molecule has 1 amide bonds. The van der Waals surface area contributed by atoms with Crippen LogP contribution in [0.5, 0.6) is 0 Å². The van der Waals surface area contributed by atoms with E-state index < -0.39 is 0 Å². The summed E-state index contributed by atoms with van der Waals surface area (Å²) in [7, 11) is 0. The standard InChI is InChI=1S/C18H18BrN5O2/c1-3-6-12-10-16(25)22-18(20-12)24-15(9-11(2)23-24)21-17(26)13-7-4-5-8-14(13)19/h4-5,7-10H,3,6H2,1-2H3,(H,21,26)(H,20,22,25). The molecule has 0 saturated carbocycles. The van der Waals surface area contributed by atoms with Gasteiger partial charge in [0.1, 0.15) is 5.82 Å².